The summed E-state index contributed by atoms with van der Waals surface area (Å²) in [7, 11) is -0.493. The number of carbonyl (C=O) groups excluding carboxylic acids is 2. The van der Waals surface area contributed by atoms with E-state index < -0.39 is 30.0 Å². The lowest BCUT2D eigenvalue weighted by Crippen LogP contribution is -2.43. The minimum Gasteiger partial charge on any atom is -0.444 e. The number of aryl methyl sites for hydroxylation is 1. The molecule has 2 amide bonds. The Morgan fingerprint density at radius 2 is 1.70 bits per heavy atom. The number of hydrogen-bond donors (Lipinski definition) is 1. The molecule has 2 saturated heterocycles. The summed E-state index contributed by atoms with van der Waals surface area (Å²) in [4.78, 5) is 27.0. The largest absolute Gasteiger partial charge is 0.495 e. The van der Waals surface area contributed by atoms with Crippen LogP contribution in [0, 0.1) is 12.8 Å². The highest BCUT2D eigenvalue weighted by Gasteiger charge is 2.52. The summed E-state index contributed by atoms with van der Waals surface area (Å²) in [5.41, 5.74) is 1.22. The van der Waals surface area contributed by atoms with Crippen LogP contribution in [0.1, 0.15) is 77.2 Å². The van der Waals surface area contributed by atoms with Crippen LogP contribution < -0.4 is 10.8 Å². The second-order valence-electron chi connectivity index (χ2n) is 11.3. The SMILES string of the molecule is Cc1ccc(C(=O)N2CCC(CNC(=O)OC(C)(C)C)CC2)cc1B1OC(C)(C)C(C)(C)O1. The molecule has 2 heterocycles. The van der Waals surface area contributed by atoms with Crippen LogP contribution in [0.4, 0.5) is 4.79 Å². The maximum atomic E-state index is 13.2. The van der Waals surface area contributed by atoms with E-state index >= 15 is 0 Å². The van der Waals surface area contributed by atoms with E-state index in [0.29, 0.717) is 31.1 Å². The number of rotatable bonds is 4. The van der Waals surface area contributed by atoms with E-state index in [1.807, 2.05) is 78.5 Å². The van der Waals surface area contributed by atoms with Crippen LogP contribution in [0.3, 0.4) is 0 Å². The van der Waals surface area contributed by atoms with Gasteiger partial charge in [-0.2, -0.15) is 0 Å². The van der Waals surface area contributed by atoms with E-state index in [4.69, 9.17) is 14.0 Å². The summed E-state index contributed by atoms with van der Waals surface area (Å²) >= 11 is 0. The Bertz CT molecular complexity index is 869. The van der Waals surface area contributed by atoms with E-state index in [0.717, 1.165) is 23.9 Å². The first-order valence-electron chi connectivity index (χ1n) is 11.9. The molecular weight excluding hydrogens is 419 g/mol. The molecule has 0 unspecified atom stereocenters. The Hall–Kier alpha value is -2.06. The average molecular weight is 458 g/mol. The number of piperidine rings is 1. The molecule has 1 aromatic carbocycles. The van der Waals surface area contributed by atoms with E-state index in [-0.39, 0.29) is 5.91 Å². The monoisotopic (exact) mass is 458 g/mol. The number of nitrogens with one attached hydrogen (secondary N) is 1. The highest BCUT2D eigenvalue weighted by molar-refractivity contribution is 6.62. The van der Waals surface area contributed by atoms with Gasteiger partial charge in [-0.15, -0.1) is 0 Å². The van der Waals surface area contributed by atoms with Gasteiger partial charge in [-0.3, -0.25) is 4.79 Å². The standard InChI is InChI=1S/C25H39BN2O5/c1-17-9-10-19(15-20(17)26-32-24(5,6)25(7,8)33-26)21(29)28-13-11-18(12-14-28)16-27-22(30)31-23(2,3)4/h9-10,15,18H,11-14,16H2,1-8H3,(H,27,30). The molecule has 1 N–H and O–H groups in total. The van der Waals surface area contributed by atoms with Crippen LogP contribution in [-0.2, 0) is 14.0 Å². The van der Waals surface area contributed by atoms with Crippen molar-refractivity contribution in [1.29, 1.82) is 0 Å². The number of nitrogens with zero attached hydrogens (tertiary/aromatic N) is 1. The highest BCUT2D eigenvalue weighted by atomic mass is 16.7. The fraction of sp³-hybridized carbons (Fsp3) is 0.680. The molecule has 2 aliphatic heterocycles. The molecule has 1 aromatic rings. The van der Waals surface area contributed by atoms with Gasteiger partial charge in [-0.25, -0.2) is 4.79 Å². The molecule has 7 nitrogen and oxygen atoms in total. The number of amides is 2. The predicted octanol–water partition coefficient (Wildman–Crippen LogP) is 3.67. The maximum absolute atomic E-state index is 13.2. The third kappa shape index (κ3) is 6.09. The number of alkyl carbamates (subject to hydrolysis) is 1. The van der Waals surface area contributed by atoms with Crippen molar-refractivity contribution in [2.75, 3.05) is 19.6 Å². The predicted molar refractivity (Wildman–Crippen MR) is 130 cm³/mol. The topological polar surface area (TPSA) is 77.1 Å². The first-order valence-corrected chi connectivity index (χ1v) is 11.9. The van der Waals surface area contributed by atoms with E-state index in [1.165, 1.54) is 0 Å². The van der Waals surface area contributed by atoms with E-state index in [9.17, 15) is 9.59 Å². The van der Waals surface area contributed by atoms with Gasteiger partial charge in [0.2, 0.25) is 0 Å². The summed E-state index contributed by atoms with van der Waals surface area (Å²) in [6.45, 7) is 17.6. The fourth-order valence-electron chi connectivity index (χ4n) is 4.06. The molecule has 8 heteroatoms. The fourth-order valence-corrected chi connectivity index (χ4v) is 4.06. The van der Waals surface area contributed by atoms with Crippen LogP contribution in [0.2, 0.25) is 0 Å². The molecule has 2 aliphatic rings. The third-order valence-corrected chi connectivity index (χ3v) is 6.87. The van der Waals surface area contributed by atoms with Gasteiger partial charge in [0.1, 0.15) is 5.60 Å². The molecule has 0 bridgehead atoms. The van der Waals surface area contributed by atoms with Crippen LogP contribution in [-0.4, -0.2) is 60.5 Å². The van der Waals surface area contributed by atoms with Crippen LogP contribution >= 0.6 is 0 Å². The zero-order valence-corrected chi connectivity index (χ0v) is 21.4. The lowest BCUT2D eigenvalue weighted by Gasteiger charge is -2.32. The van der Waals surface area contributed by atoms with Gasteiger partial charge in [0.05, 0.1) is 11.2 Å². The Kier molecular flexibility index (Phi) is 7.20. The maximum Gasteiger partial charge on any atom is 0.495 e. The van der Waals surface area contributed by atoms with Crippen LogP contribution in [0.15, 0.2) is 18.2 Å². The van der Waals surface area contributed by atoms with Crippen molar-refractivity contribution in [1.82, 2.24) is 10.2 Å². The summed E-state index contributed by atoms with van der Waals surface area (Å²) in [5.74, 6) is 0.353. The van der Waals surface area contributed by atoms with Crippen LogP contribution in [0.25, 0.3) is 0 Å². The molecular formula is C25H39BN2O5. The molecule has 2 fully saturated rings. The van der Waals surface area contributed by atoms with E-state index in [1.54, 1.807) is 0 Å². The van der Waals surface area contributed by atoms with Gasteiger partial charge in [0.25, 0.3) is 5.91 Å². The van der Waals surface area contributed by atoms with E-state index in [2.05, 4.69) is 5.32 Å². The normalized spacial score (nSPS) is 20.6. The van der Waals surface area contributed by atoms with Crippen molar-refractivity contribution in [3.05, 3.63) is 29.3 Å². The van der Waals surface area contributed by atoms with Gasteiger partial charge in [0, 0.05) is 25.2 Å². The Morgan fingerprint density at radius 1 is 1.12 bits per heavy atom. The molecule has 0 saturated carbocycles. The van der Waals surface area contributed by atoms with Crippen LogP contribution in [0.5, 0.6) is 0 Å². The third-order valence-electron chi connectivity index (χ3n) is 6.87. The van der Waals surface area contributed by atoms with Crippen molar-refractivity contribution in [3.8, 4) is 0 Å². The molecule has 0 atom stereocenters. The zero-order valence-electron chi connectivity index (χ0n) is 21.4. The Labute approximate surface area is 198 Å². The smallest absolute Gasteiger partial charge is 0.444 e. The molecule has 0 aliphatic carbocycles. The van der Waals surface area contributed by atoms with Gasteiger partial charge in [0.15, 0.2) is 0 Å². The summed E-state index contributed by atoms with van der Waals surface area (Å²) in [5, 5.41) is 2.85. The van der Waals surface area contributed by atoms with Crippen molar-refractivity contribution >= 4 is 24.6 Å². The summed E-state index contributed by atoms with van der Waals surface area (Å²) < 4.78 is 17.7. The molecule has 0 aromatic heterocycles. The van der Waals surface area contributed by atoms with Gasteiger partial charge in [-0.1, -0.05) is 11.6 Å². The highest BCUT2D eigenvalue weighted by Crippen LogP contribution is 2.36. The number of carbonyl (C=O) groups is 2. The number of ether oxygens (including phenoxy) is 1. The number of likely N-dealkylation sites (tertiary alicyclic amines) is 1. The summed E-state index contributed by atoms with van der Waals surface area (Å²) in [6.07, 6.45) is 1.30. The van der Waals surface area contributed by atoms with Gasteiger partial charge in [-0.05, 0) is 91.7 Å². The molecule has 0 spiro atoms. The van der Waals surface area contributed by atoms with Gasteiger partial charge >= 0.3 is 13.2 Å². The van der Waals surface area contributed by atoms with Crippen molar-refractivity contribution in [3.63, 3.8) is 0 Å². The number of benzene rings is 1. The Morgan fingerprint density at radius 3 is 2.24 bits per heavy atom. The van der Waals surface area contributed by atoms with Crippen molar-refractivity contribution < 1.29 is 23.6 Å². The average Bonchev–Trinajstić information content (AvgIpc) is 2.92. The first-order chi connectivity index (χ1) is 15.2. The molecule has 182 valence electrons. The second-order valence-corrected chi connectivity index (χ2v) is 11.3. The molecule has 0 radical (unpaired) electrons. The lowest BCUT2D eigenvalue weighted by atomic mass is 9.75. The molecule has 3 rings (SSSR count). The quantitative estimate of drug-likeness (QED) is 0.697. The van der Waals surface area contributed by atoms with Gasteiger partial charge < -0.3 is 24.3 Å². The Balaban J connectivity index is 1.58. The number of hydrogen-bond acceptors (Lipinski definition) is 5. The minimum absolute atomic E-state index is 0.0197. The van der Waals surface area contributed by atoms with Crippen molar-refractivity contribution in [2.24, 2.45) is 5.92 Å². The second kappa shape index (κ2) is 9.30. The zero-order chi connectivity index (χ0) is 24.6. The minimum atomic E-state index is -0.507. The lowest BCUT2D eigenvalue weighted by molar-refractivity contribution is 0.00578. The molecule has 33 heavy (non-hydrogen) atoms. The summed E-state index contributed by atoms with van der Waals surface area (Å²) in [6, 6.07) is 5.75. The first kappa shape index (κ1) is 25.6. The van der Waals surface area contributed by atoms with Crippen molar-refractivity contribution in [2.45, 2.75) is 85.0 Å².